The molecule has 0 saturated heterocycles. The second-order valence-electron chi connectivity index (χ2n) is 7.16. The number of amides is 1. The third kappa shape index (κ3) is 6.48. The molecule has 0 aliphatic heterocycles. The van der Waals surface area contributed by atoms with Crippen LogP contribution in [0, 0.1) is 5.82 Å². The van der Waals surface area contributed by atoms with Crippen LogP contribution < -0.4 is 10.1 Å². The van der Waals surface area contributed by atoms with Gasteiger partial charge in [0.2, 0.25) is 5.91 Å². The van der Waals surface area contributed by atoms with Crippen LogP contribution in [0.25, 0.3) is 11.1 Å². The molecule has 11 heteroatoms. The number of sulfone groups is 1. The van der Waals surface area contributed by atoms with Crippen LogP contribution in [0.15, 0.2) is 65.6 Å². The van der Waals surface area contributed by atoms with E-state index >= 15 is 0 Å². The molecule has 0 aliphatic rings. The Balaban J connectivity index is 1.76. The highest BCUT2D eigenvalue weighted by Crippen LogP contribution is 2.37. The average molecular weight is 516 g/mol. The first-order valence-corrected chi connectivity index (χ1v) is 11.9. The average Bonchev–Trinajstić information content (AvgIpc) is 2.74. The lowest BCUT2D eigenvalue weighted by Gasteiger charge is -2.15. The van der Waals surface area contributed by atoms with Gasteiger partial charge in [0.15, 0.2) is 9.84 Å². The predicted molar refractivity (Wildman–Crippen MR) is 120 cm³/mol. The van der Waals surface area contributed by atoms with Gasteiger partial charge in [0.25, 0.3) is 0 Å². The SMILES string of the molecule is CCS(=O)(=O)c1ccc(CC(=O)Nc2ccc(-c3ccc(Cl)cc3OC(F)(F)F)c(F)c2)cc1. The van der Waals surface area contributed by atoms with Crippen LogP contribution in [-0.4, -0.2) is 26.4 Å². The van der Waals surface area contributed by atoms with Crippen molar-refractivity contribution in [3.8, 4) is 16.9 Å². The van der Waals surface area contributed by atoms with Crippen LogP contribution >= 0.6 is 11.6 Å². The maximum Gasteiger partial charge on any atom is 0.573 e. The number of ether oxygens (including phenoxy) is 1. The maximum atomic E-state index is 14.7. The summed E-state index contributed by atoms with van der Waals surface area (Å²) in [5.74, 6) is -2.09. The molecule has 0 bridgehead atoms. The summed E-state index contributed by atoms with van der Waals surface area (Å²) in [7, 11) is -3.36. The lowest BCUT2D eigenvalue weighted by Crippen LogP contribution is -2.17. The van der Waals surface area contributed by atoms with Crippen molar-refractivity contribution in [2.24, 2.45) is 0 Å². The summed E-state index contributed by atoms with van der Waals surface area (Å²) < 4.78 is 80.6. The molecule has 0 atom stereocenters. The van der Waals surface area contributed by atoms with E-state index in [0.717, 1.165) is 12.1 Å². The van der Waals surface area contributed by atoms with Crippen LogP contribution in [0.4, 0.5) is 23.2 Å². The summed E-state index contributed by atoms with van der Waals surface area (Å²) in [6.07, 6.45) is -5.10. The lowest BCUT2D eigenvalue weighted by molar-refractivity contribution is -0.274. The number of hydrogen-bond acceptors (Lipinski definition) is 4. The Bertz CT molecular complexity index is 1310. The number of halogens is 5. The van der Waals surface area contributed by atoms with Crippen LogP contribution in [0.1, 0.15) is 12.5 Å². The first-order chi connectivity index (χ1) is 15.9. The van der Waals surface area contributed by atoms with Crippen LogP contribution in [-0.2, 0) is 21.1 Å². The molecule has 0 radical (unpaired) electrons. The number of hydrogen-bond donors (Lipinski definition) is 1. The first-order valence-electron chi connectivity index (χ1n) is 9.85. The lowest BCUT2D eigenvalue weighted by atomic mass is 10.0. The molecule has 3 aromatic carbocycles. The zero-order valence-electron chi connectivity index (χ0n) is 17.6. The molecule has 0 aromatic heterocycles. The number of carbonyl (C=O) groups excluding carboxylic acids is 1. The Morgan fingerprint density at radius 1 is 1.00 bits per heavy atom. The van der Waals surface area contributed by atoms with E-state index in [2.05, 4.69) is 10.1 Å². The molecule has 0 aliphatic carbocycles. The molecule has 3 rings (SSSR count). The van der Waals surface area contributed by atoms with Crippen molar-refractivity contribution in [1.29, 1.82) is 0 Å². The summed E-state index contributed by atoms with van der Waals surface area (Å²) >= 11 is 5.74. The van der Waals surface area contributed by atoms with E-state index < -0.39 is 33.7 Å². The molecule has 0 saturated carbocycles. The molecule has 0 unspecified atom stereocenters. The Morgan fingerprint density at radius 2 is 1.65 bits per heavy atom. The van der Waals surface area contributed by atoms with E-state index in [1.807, 2.05) is 0 Å². The maximum absolute atomic E-state index is 14.7. The van der Waals surface area contributed by atoms with E-state index in [9.17, 15) is 30.8 Å². The molecule has 0 fully saturated rings. The second-order valence-corrected chi connectivity index (χ2v) is 9.87. The number of carbonyl (C=O) groups is 1. The number of anilines is 1. The third-order valence-corrected chi connectivity index (χ3v) is 6.73. The molecular weight excluding hydrogens is 498 g/mol. The molecule has 180 valence electrons. The Labute approximate surface area is 198 Å². The van der Waals surface area contributed by atoms with Gasteiger partial charge in [-0.25, -0.2) is 12.8 Å². The molecule has 34 heavy (non-hydrogen) atoms. The Kier molecular flexibility index (Phi) is 7.52. The standard InChI is InChI=1S/C23H18ClF4NO4S/c1-2-34(31,32)17-7-3-14(4-8-17)11-22(30)29-16-6-10-18(20(25)13-16)19-9-5-15(24)12-21(19)33-23(26,27)28/h3-10,12-13H,2,11H2,1H3,(H,29,30). The minimum Gasteiger partial charge on any atom is -0.405 e. The minimum atomic E-state index is -5.00. The summed E-state index contributed by atoms with van der Waals surface area (Å²) in [6.45, 7) is 1.53. The van der Waals surface area contributed by atoms with E-state index in [1.54, 1.807) is 0 Å². The monoisotopic (exact) mass is 515 g/mol. The van der Waals surface area contributed by atoms with Gasteiger partial charge in [0, 0.05) is 21.8 Å². The van der Waals surface area contributed by atoms with Gasteiger partial charge in [-0.3, -0.25) is 4.79 Å². The quantitative estimate of drug-likeness (QED) is 0.391. The highest BCUT2D eigenvalue weighted by Gasteiger charge is 2.32. The van der Waals surface area contributed by atoms with Gasteiger partial charge in [-0.15, -0.1) is 13.2 Å². The summed E-state index contributed by atoms with van der Waals surface area (Å²) in [4.78, 5) is 12.5. The third-order valence-electron chi connectivity index (χ3n) is 4.74. The van der Waals surface area contributed by atoms with Crippen molar-refractivity contribution in [2.45, 2.75) is 24.6 Å². The molecule has 0 spiro atoms. The van der Waals surface area contributed by atoms with Gasteiger partial charge >= 0.3 is 6.36 Å². The number of benzene rings is 3. The molecule has 3 aromatic rings. The largest absolute Gasteiger partial charge is 0.573 e. The normalized spacial score (nSPS) is 11.8. The minimum absolute atomic E-state index is 0.0207. The van der Waals surface area contributed by atoms with Gasteiger partial charge in [0.1, 0.15) is 11.6 Å². The summed E-state index contributed by atoms with van der Waals surface area (Å²) in [5, 5.41) is 2.48. The second kappa shape index (κ2) is 10.0. The van der Waals surface area contributed by atoms with E-state index in [-0.39, 0.29) is 38.9 Å². The molecule has 5 nitrogen and oxygen atoms in total. The van der Waals surface area contributed by atoms with Crippen molar-refractivity contribution in [1.82, 2.24) is 0 Å². The fraction of sp³-hybridized carbons (Fsp3) is 0.174. The van der Waals surface area contributed by atoms with E-state index in [0.29, 0.717) is 5.56 Å². The van der Waals surface area contributed by atoms with Gasteiger partial charge in [0.05, 0.1) is 17.1 Å². The summed E-state index contributed by atoms with van der Waals surface area (Å²) in [5.41, 5.74) is 0.282. The molecule has 1 N–H and O–H groups in total. The fourth-order valence-electron chi connectivity index (χ4n) is 3.11. The predicted octanol–water partition coefficient (Wildman–Crippen LogP) is 6.02. The zero-order chi connectivity index (χ0) is 25.1. The zero-order valence-corrected chi connectivity index (χ0v) is 19.2. The van der Waals surface area contributed by atoms with Crippen molar-refractivity contribution < 1.29 is 35.5 Å². The molecular formula is C23H18ClF4NO4S. The smallest absolute Gasteiger partial charge is 0.405 e. The van der Waals surface area contributed by atoms with Gasteiger partial charge in [-0.2, -0.15) is 0 Å². The highest BCUT2D eigenvalue weighted by molar-refractivity contribution is 7.91. The molecule has 0 heterocycles. The first kappa shape index (κ1) is 25.5. The van der Waals surface area contributed by atoms with Gasteiger partial charge in [-0.1, -0.05) is 30.7 Å². The van der Waals surface area contributed by atoms with Gasteiger partial charge < -0.3 is 10.1 Å². The van der Waals surface area contributed by atoms with Gasteiger partial charge in [-0.05, 0) is 54.1 Å². The molecule has 1 amide bonds. The van der Waals surface area contributed by atoms with Crippen molar-refractivity contribution in [2.75, 3.05) is 11.1 Å². The summed E-state index contributed by atoms with van der Waals surface area (Å²) in [6, 6.07) is 12.8. The van der Waals surface area contributed by atoms with Crippen molar-refractivity contribution in [3.63, 3.8) is 0 Å². The van der Waals surface area contributed by atoms with Crippen LogP contribution in [0.5, 0.6) is 5.75 Å². The van der Waals surface area contributed by atoms with Crippen LogP contribution in [0.3, 0.4) is 0 Å². The topological polar surface area (TPSA) is 72.5 Å². The Hall–Kier alpha value is -3.11. The fourth-order valence-corrected chi connectivity index (χ4v) is 4.16. The Morgan fingerprint density at radius 3 is 2.24 bits per heavy atom. The van der Waals surface area contributed by atoms with Crippen molar-refractivity contribution in [3.05, 3.63) is 77.1 Å². The van der Waals surface area contributed by atoms with E-state index in [4.69, 9.17) is 11.6 Å². The van der Waals surface area contributed by atoms with Crippen molar-refractivity contribution >= 4 is 33.0 Å². The number of alkyl halides is 3. The number of rotatable bonds is 7. The van der Waals surface area contributed by atoms with Crippen LogP contribution in [0.2, 0.25) is 5.02 Å². The number of nitrogens with one attached hydrogen (secondary N) is 1. The highest BCUT2D eigenvalue weighted by atomic mass is 35.5. The van der Waals surface area contributed by atoms with E-state index in [1.165, 1.54) is 55.5 Å².